The molecule has 0 radical (unpaired) electrons. The van der Waals surface area contributed by atoms with Gasteiger partial charge in [-0.15, -0.1) is 11.8 Å². The van der Waals surface area contributed by atoms with Gasteiger partial charge in [-0.2, -0.15) is 0 Å². The van der Waals surface area contributed by atoms with Crippen molar-refractivity contribution in [2.45, 2.75) is 36.8 Å². The van der Waals surface area contributed by atoms with Crippen molar-refractivity contribution in [1.29, 1.82) is 0 Å². The number of rotatable bonds is 3. The highest BCUT2D eigenvalue weighted by Gasteiger charge is 2.22. The normalized spacial score (nSPS) is 11.7. The number of aromatic nitrogens is 2. The van der Waals surface area contributed by atoms with Crippen molar-refractivity contribution >= 4 is 33.5 Å². The first kappa shape index (κ1) is 16.2. The molecule has 1 aromatic heterocycles. The van der Waals surface area contributed by atoms with Crippen LogP contribution in [0.1, 0.15) is 32.3 Å². The fourth-order valence-corrected chi connectivity index (χ4v) is 3.34. The zero-order chi connectivity index (χ0) is 15.6. The second-order valence-electron chi connectivity index (χ2n) is 5.66. The third-order valence-electron chi connectivity index (χ3n) is 2.83. The quantitative estimate of drug-likeness (QED) is 0.806. The van der Waals surface area contributed by atoms with E-state index >= 15 is 0 Å². The average molecular weight is 370 g/mol. The average Bonchev–Trinajstić information content (AvgIpc) is 2.40. The van der Waals surface area contributed by atoms with Crippen molar-refractivity contribution in [3.05, 3.63) is 46.1 Å². The maximum atomic E-state index is 13.6. The summed E-state index contributed by atoms with van der Waals surface area (Å²) in [6.07, 6.45) is 0. The van der Waals surface area contributed by atoms with Crippen molar-refractivity contribution in [2.75, 3.05) is 5.73 Å². The Labute approximate surface area is 136 Å². The van der Waals surface area contributed by atoms with E-state index in [1.165, 1.54) is 17.8 Å². The maximum Gasteiger partial charge on any atom is 0.141 e. The number of nitrogen functional groups attached to an aromatic ring is 1. The highest BCUT2D eigenvalue weighted by atomic mass is 79.9. The molecule has 0 saturated carbocycles. The molecule has 2 rings (SSSR count). The first-order valence-electron chi connectivity index (χ1n) is 6.48. The number of benzene rings is 1. The lowest BCUT2D eigenvalue weighted by molar-refractivity contribution is 0.560. The molecule has 0 atom stereocenters. The molecular formula is C15H17BrFN3S. The fourth-order valence-electron chi connectivity index (χ4n) is 1.78. The Morgan fingerprint density at radius 1 is 1.24 bits per heavy atom. The molecule has 0 fully saturated rings. The minimum absolute atomic E-state index is 0.146. The van der Waals surface area contributed by atoms with Gasteiger partial charge in [0, 0.05) is 10.3 Å². The Kier molecular flexibility index (Phi) is 4.88. The van der Waals surface area contributed by atoms with Crippen LogP contribution in [0.4, 0.5) is 10.2 Å². The molecule has 2 aromatic rings. The van der Waals surface area contributed by atoms with Gasteiger partial charge in [-0.25, -0.2) is 14.4 Å². The van der Waals surface area contributed by atoms with Crippen LogP contribution in [0.15, 0.2) is 33.6 Å². The van der Waals surface area contributed by atoms with Crippen LogP contribution in [0.25, 0.3) is 0 Å². The molecule has 1 aromatic carbocycles. The molecule has 2 N–H and O–H groups in total. The molecule has 0 unspecified atom stereocenters. The summed E-state index contributed by atoms with van der Waals surface area (Å²) < 4.78 is 14.3. The fraction of sp³-hybridized carbons (Fsp3) is 0.333. The summed E-state index contributed by atoms with van der Waals surface area (Å²) in [5.74, 6) is 1.26. The number of hydrogen-bond donors (Lipinski definition) is 1. The number of hydrogen-bond acceptors (Lipinski definition) is 4. The molecule has 0 aliphatic rings. The Balaban J connectivity index is 2.26. The second-order valence-corrected chi connectivity index (χ2v) is 7.47. The number of anilines is 1. The lowest BCUT2D eigenvalue weighted by Gasteiger charge is -2.20. The monoisotopic (exact) mass is 369 g/mol. The summed E-state index contributed by atoms with van der Waals surface area (Å²) in [5, 5.41) is 0. The van der Waals surface area contributed by atoms with E-state index in [2.05, 4.69) is 46.7 Å². The summed E-state index contributed by atoms with van der Waals surface area (Å²) in [5.41, 5.74) is 6.65. The summed E-state index contributed by atoms with van der Waals surface area (Å²) in [6, 6.07) is 6.67. The van der Waals surface area contributed by atoms with Gasteiger partial charge in [-0.05, 0) is 28.1 Å². The van der Waals surface area contributed by atoms with Gasteiger partial charge in [-0.3, -0.25) is 0 Å². The third-order valence-corrected chi connectivity index (χ3v) is 4.65. The van der Waals surface area contributed by atoms with Crippen LogP contribution in [0.2, 0.25) is 0 Å². The maximum absolute atomic E-state index is 13.6. The van der Waals surface area contributed by atoms with Gasteiger partial charge in [0.15, 0.2) is 0 Å². The van der Waals surface area contributed by atoms with Crippen LogP contribution in [0, 0.1) is 5.82 Å². The van der Waals surface area contributed by atoms with Gasteiger partial charge < -0.3 is 5.73 Å². The molecule has 6 heteroatoms. The summed E-state index contributed by atoms with van der Waals surface area (Å²) in [6.45, 7) is 6.19. The number of nitrogens with zero attached hydrogens (tertiary/aromatic N) is 2. The Bertz CT molecular complexity index is 656. The highest BCUT2D eigenvalue weighted by molar-refractivity contribution is 9.10. The van der Waals surface area contributed by atoms with Crippen LogP contribution >= 0.6 is 27.7 Å². The molecule has 3 nitrogen and oxygen atoms in total. The predicted molar refractivity (Wildman–Crippen MR) is 88.8 cm³/mol. The molecule has 0 aliphatic heterocycles. The molecule has 0 bridgehead atoms. The third kappa shape index (κ3) is 3.95. The highest BCUT2D eigenvalue weighted by Crippen LogP contribution is 2.32. The van der Waals surface area contributed by atoms with E-state index in [4.69, 9.17) is 5.73 Å². The molecule has 112 valence electrons. The molecule has 1 heterocycles. The van der Waals surface area contributed by atoms with E-state index in [-0.39, 0.29) is 11.2 Å². The van der Waals surface area contributed by atoms with Gasteiger partial charge in [0.1, 0.15) is 17.5 Å². The van der Waals surface area contributed by atoms with Crippen LogP contribution in [-0.4, -0.2) is 9.97 Å². The first-order valence-corrected chi connectivity index (χ1v) is 8.26. The lowest BCUT2D eigenvalue weighted by atomic mass is 9.92. The summed E-state index contributed by atoms with van der Waals surface area (Å²) >= 11 is 4.80. The number of halogens is 2. The number of thioether (sulfide) groups is 1. The lowest BCUT2D eigenvalue weighted by Crippen LogP contribution is -2.17. The van der Waals surface area contributed by atoms with Crippen LogP contribution in [0.5, 0.6) is 0 Å². The minimum Gasteiger partial charge on any atom is -0.383 e. The molecular weight excluding hydrogens is 353 g/mol. The van der Waals surface area contributed by atoms with Crippen molar-refractivity contribution in [2.24, 2.45) is 0 Å². The van der Waals surface area contributed by atoms with E-state index in [1.807, 2.05) is 6.07 Å². The Hall–Kier alpha value is -1.14. The molecule has 0 saturated heterocycles. The van der Waals surface area contributed by atoms with Crippen LogP contribution in [-0.2, 0) is 11.2 Å². The topological polar surface area (TPSA) is 51.8 Å². The minimum atomic E-state index is -0.233. The van der Waals surface area contributed by atoms with Gasteiger partial charge in [0.2, 0.25) is 0 Å². The van der Waals surface area contributed by atoms with E-state index in [9.17, 15) is 4.39 Å². The largest absolute Gasteiger partial charge is 0.383 e. The van der Waals surface area contributed by atoms with Gasteiger partial charge in [-0.1, -0.05) is 32.9 Å². The molecule has 0 aliphatic carbocycles. The van der Waals surface area contributed by atoms with E-state index in [0.29, 0.717) is 22.3 Å². The van der Waals surface area contributed by atoms with Crippen LogP contribution < -0.4 is 5.73 Å². The molecule has 0 spiro atoms. The number of nitrogens with two attached hydrogens (primary N) is 1. The zero-order valence-electron chi connectivity index (χ0n) is 12.2. The van der Waals surface area contributed by atoms with E-state index < -0.39 is 0 Å². The molecule has 0 amide bonds. The zero-order valence-corrected chi connectivity index (χ0v) is 14.6. The van der Waals surface area contributed by atoms with Gasteiger partial charge in [0.05, 0.1) is 15.9 Å². The standard InChI is InChI=1S/C15H17BrFN3S/c1-15(2,3)13-12(16)14(18)20-11(19-13)8-21-10-7-5-4-6-9(10)17/h4-7H,8H2,1-3H3,(H2,18,19,20). The van der Waals surface area contributed by atoms with Gasteiger partial charge in [0.25, 0.3) is 0 Å². The van der Waals surface area contributed by atoms with Crippen LogP contribution in [0.3, 0.4) is 0 Å². The Morgan fingerprint density at radius 2 is 1.90 bits per heavy atom. The van der Waals surface area contributed by atoms with E-state index in [1.54, 1.807) is 12.1 Å². The summed E-state index contributed by atoms with van der Waals surface area (Å²) in [4.78, 5) is 9.42. The second kappa shape index (κ2) is 6.32. The van der Waals surface area contributed by atoms with Gasteiger partial charge >= 0.3 is 0 Å². The van der Waals surface area contributed by atoms with Crippen molar-refractivity contribution in [3.63, 3.8) is 0 Å². The smallest absolute Gasteiger partial charge is 0.141 e. The van der Waals surface area contributed by atoms with Crippen molar-refractivity contribution in [3.8, 4) is 0 Å². The summed E-state index contributed by atoms with van der Waals surface area (Å²) in [7, 11) is 0. The Morgan fingerprint density at radius 3 is 2.52 bits per heavy atom. The predicted octanol–water partition coefficient (Wildman–Crippen LogP) is 4.55. The van der Waals surface area contributed by atoms with Crippen molar-refractivity contribution in [1.82, 2.24) is 9.97 Å². The SMILES string of the molecule is CC(C)(C)c1nc(CSc2ccccc2F)nc(N)c1Br. The van der Waals surface area contributed by atoms with E-state index in [0.717, 1.165) is 10.2 Å². The van der Waals surface area contributed by atoms with Crippen molar-refractivity contribution < 1.29 is 4.39 Å². The first-order chi connectivity index (χ1) is 9.79. The molecule has 21 heavy (non-hydrogen) atoms.